The van der Waals surface area contributed by atoms with Gasteiger partial charge in [0.2, 0.25) is 11.8 Å². The molecule has 0 saturated carbocycles. The van der Waals surface area contributed by atoms with Crippen molar-refractivity contribution in [3.8, 4) is 5.75 Å². The van der Waals surface area contributed by atoms with Crippen molar-refractivity contribution in [1.82, 2.24) is 4.90 Å². The van der Waals surface area contributed by atoms with E-state index in [0.29, 0.717) is 12.8 Å². The third-order valence-corrected chi connectivity index (χ3v) is 5.03. The van der Waals surface area contributed by atoms with Gasteiger partial charge in [0.05, 0.1) is 7.11 Å². The number of rotatable bonds is 6. The maximum atomic E-state index is 12.4. The molecule has 6 nitrogen and oxygen atoms in total. The number of hydrogen-bond acceptors (Lipinski definition) is 4. The number of para-hydroxylation sites is 1. The molecular formula is C22H27N3O3. The van der Waals surface area contributed by atoms with E-state index >= 15 is 0 Å². The van der Waals surface area contributed by atoms with Crippen LogP contribution in [0, 0.1) is 0 Å². The van der Waals surface area contributed by atoms with Gasteiger partial charge in [-0.3, -0.25) is 9.59 Å². The fraction of sp³-hybridized carbons (Fsp3) is 0.364. The molecule has 2 aromatic rings. The summed E-state index contributed by atoms with van der Waals surface area (Å²) in [6.07, 6.45) is 1.02. The van der Waals surface area contributed by atoms with E-state index in [1.54, 1.807) is 14.0 Å². The number of hydrogen-bond donors (Lipinski definition) is 1. The SMILES string of the molecule is COc1ccccc1CCC(=O)Nc1cccc(N2CCN(C(C)=O)CC2)c1. The first-order valence-electron chi connectivity index (χ1n) is 9.59. The van der Waals surface area contributed by atoms with E-state index in [-0.39, 0.29) is 11.8 Å². The minimum Gasteiger partial charge on any atom is -0.496 e. The quantitative estimate of drug-likeness (QED) is 0.836. The molecule has 1 fully saturated rings. The van der Waals surface area contributed by atoms with Crippen LogP contribution in [0.25, 0.3) is 0 Å². The molecule has 1 aliphatic rings. The van der Waals surface area contributed by atoms with Crippen LogP contribution in [0.5, 0.6) is 5.75 Å². The molecule has 0 radical (unpaired) electrons. The van der Waals surface area contributed by atoms with Crippen molar-refractivity contribution in [3.05, 3.63) is 54.1 Å². The summed E-state index contributed by atoms with van der Waals surface area (Å²) in [6, 6.07) is 15.6. The number of amides is 2. The number of carbonyl (C=O) groups excluding carboxylic acids is 2. The first-order valence-corrected chi connectivity index (χ1v) is 9.59. The van der Waals surface area contributed by atoms with Crippen LogP contribution in [0.1, 0.15) is 18.9 Å². The fourth-order valence-electron chi connectivity index (χ4n) is 3.44. The Bertz CT molecular complexity index is 829. The van der Waals surface area contributed by atoms with Gasteiger partial charge < -0.3 is 19.9 Å². The molecule has 0 aliphatic carbocycles. The summed E-state index contributed by atoms with van der Waals surface area (Å²) in [5, 5.41) is 2.99. The third kappa shape index (κ3) is 5.03. The molecule has 28 heavy (non-hydrogen) atoms. The van der Waals surface area contributed by atoms with Crippen molar-refractivity contribution < 1.29 is 14.3 Å². The smallest absolute Gasteiger partial charge is 0.224 e. The summed E-state index contributed by atoms with van der Waals surface area (Å²) in [5.74, 6) is 0.905. The summed E-state index contributed by atoms with van der Waals surface area (Å²) in [4.78, 5) is 28.0. The van der Waals surface area contributed by atoms with E-state index in [9.17, 15) is 9.59 Å². The minimum atomic E-state index is -0.0237. The monoisotopic (exact) mass is 381 g/mol. The lowest BCUT2D eigenvalue weighted by molar-refractivity contribution is -0.129. The molecule has 0 aromatic heterocycles. The second-order valence-electron chi connectivity index (χ2n) is 6.90. The summed E-state index contributed by atoms with van der Waals surface area (Å²) >= 11 is 0. The van der Waals surface area contributed by atoms with E-state index in [0.717, 1.165) is 48.9 Å². The number of ether oxygens (including phenoxy) is 1. The van der Waals surface area contributed by atoms with Gasteiger partial charge in [-0.05, 0) is 36.2 Å². The maximum absolute atomic E-state index is 12.4. The molecule has 1 heterocycles. The summed E-state index contributed by atoms with van der Waals surface area (Å²) < 4.78 is 5.34. The van der Waals surface area contributed by atoms with Gasteiger partial charge in [0.1, 0.15) is 5.75 Å². The van der Waals surface area contributed by atoms with Crippen LogP contribution in [-0.4, -0.2) is 50.0 Å². The van der Waals surface area contributed by atoms with Crippen LogP contribution in [0.2, 0.25) is 0 Å². The Hall–Kier alpha value is -3.02. The molecule has 0 bridgehead atoms. The van der Waals surface area contributed by atoms with Gasteiger partial charge in [-0.15, -0.1) is 0 Å². The molecule has 2 aromatic carbocycles. The highest BCUT2D eigenvalue weighted by Crippen LogP contribution is 2.22. The zero-order valence-electron chi connectivity index (χ0n) is 16.5. The Morgan fingerprint density at radius 3 is 2.50 bits per heavy atom. The highest BCUT2D eigenvalue weighted by atomic mass is 16.5. The molecule has 3 rings (SSSR count). The number of piperazine rings is 1. The highest BCUT2D eigenvalue weighted by Gasteiger charge is 2.19. The van der Waals surface area contributed by atoms with Gasteiger partial charge in [-0.1, -0.05) is 24.3 Å². The van der Waals surface area contributed by atoms with Crippen molar-refractivity contribution in [2.24, 2.45) is 0 Å². The van der Waals surface area contributed by atoms with Gasteiger partial charge in [-0.25, -0.2) is 0 Å². The topological polar surface area (TPSA) is 61.9 Å². The lowest BCUT2D eigenvalue weighted by Gasteiger charge is -2.35. The van der Waals surface area contributed by atoms with Crippen LogP contribution < -0.4 is 15.0 Å². The Morgan fingerprint density at radius 1 is 1.04 bits per heavy atom. The number of nitrogens with zero attached hydrogens (tertiary/aromatic N) is 2. The van der Waals surface area contributed by atoms with E-state index in [2.05, 4.69) is 10.2 Å². The average Bonchev–Trinajstić information content (AvgIpc) is 2.72. The number of carbonyl (C=O) groups is 2. The van der Waals surface area contributed by atoms with Crippen molar-refractivity contribution >= 4 is 23.2 Å². The van der Waals surface area contributed by atoms with Crippen LogP contribution >= 0.6 is 0 Å². The fourth-order valence-corrected chi connectivity index (χ4v) is 3.44. The van der Waals surface area contributed by atoms with Crippen molar-refractivity contribution in [2.75, 3.05) is 43.5 Å². The molecule has 1 N–H and O–H groups in total. The molecule has 6 heteroatoms. The second kappa shape index (κ2) is 9.26. The molecule has 0 unspecified atom stereocenters. The first-order chi connectivity index (χ1) is 13.6. The van der Waals surface area contributed by atoms with Crippen molar-refractivity contribution in [3.63, 3.8) is 0 Å². The van der Waals surface area contributed by atoms with Crippen LogP contribution in [-0.2, 0) is 16.0 Å². The average molecular weight is 381 g/mol. The van der Waals surface area contributed by atoms with Gasteiger partial charge in [0.25, 0.3) is 0 Å². The van der Waals surface area contributed by atoms with Gasteiger partial charge in [-0.2, -0.15) is 0 Å². The molecule has 0 spiro atoms. The van der Waals surface area contributed by atoms with Gasteiger partial charge >= 0.3 is 0 Å². The summed E-state index contributed by atoms with van der Waals surface area (Å²) in [5.41, 5.74) is 2.87. The minimum absolute atomic E-state index is 0.0237. The predicted molar refractivity (Wildman–Crippen MR) is 111 cm³/mol. The zero-order chi connectivity index (χ0) is 19.9. The number of methoxy groups -OCH3 is 1. The maximum Gasteiger partial charge on any atom is 0.224 e. The largest absolute Gasteiger partial charge is 0.496 e. The third-order valence-electron chi connectivity index (χ3n) is 5.03. The Kier molecular flexibility index (Phi) is 6.53. The summed E-state index contributed by atoms with van der Waals surface area (Å²) in [7, 11) is 1.64. The summed E-state index contributed by atoms with van der Waals surface area (Å²) in [6.45, 7) is 4.65. The first kappa shape index (κ1) is 19.7. The van der Waals surface area contributed by atoms with E-state index in [4.69, 9.17) is 4.74 Å². The Balaban J connectivity index is 1.55. The lowest BCUT2D eigenvalue weighted by Crippen LogP contribution is -2.48. The van der Waals surface area contributed by atoms with E-state index in [1.165, 1.54) is 0 Å². The van der Waals surface area contributed by atoms with Gasteiger partial charge in [0.15, 0.2) is 0 Å². The second-order valence-corrected chi connectivity index (χ2v) is 6.90. The highest BCUT2D eigenvalue weighted by molar-refractivity contribution is 5.91. The van der Waals surface area contributed by atoms with E-state index < -0.39 is 0 Å². The van der Waals surface area contributed by atoms with E-state index in [1.807, 2.05) is 53.4 Å². The Labute approximate surface area is 166 Å². The standard InChI is InChI=1S/C22H27N3O3/c1-17(26)24-12-14-25(15-13-24)20-8-5-7-19(16-20)23-22(27)11-10-18-6-3-4-9-21(18)28-2/h3-9,16H,10-15H2,1-2H3,(H,23,27). The van der Waals surface area contributed by atoms with Gasteiger partial charge in [0, 0.05) is 50.9 Å². The molecular weight excluding hydrogens is 354 g/mol. The number of anilines is 2. The number of aryl methyl sites for hydroxylation is 1. The predicted octanol–water partition coefficient (Wildman–Crippen LogP) is 2.94. The zero-order valence-corrected chi connectivity index (χ0v) is 16.5. The normalized spacial score (nSPS) is 13.9. The molecule has 2 amide bonds. The molecule has 1 saturated heterocycles. The number of nitrogens with one attached hydrogen (secondary N) is 1. The van der Waals surface area contributed by atoms with Crippen LogP contribution in [0.3, 0.4) is 0 Å². The Morgan fingerprint density at radius 2 is 1.79 bits per heavy atom. The number of benzene rings is 2. The van der Waals surface area contributed by atoms with Crippen molar-refractivity contribution in [2.45, 2.75) is 19.8 Å². The molecule has 1 aliphatic heterocycles. The van der Waals surface area contributed by atoms with Crippen LogP contribution in [0.15, 0.2) is 48.5 Å². The van der Waals surface area contributed by atoms with Crippen molar-refractivity contribution in [1.29, 1.82) is 0 Å². The lowest BCUT2D eigenvalue weighted by atomic mass is 10.1. The van der Waals surface area contributed by atoms with Crippen LogP contribution in [0.4, 0.5) is 11.4 Å². The molecule has 0 atom stereocenters. The molecule has 148 valence electrons.